The van der Waals surface area contributed by atoms with Gasteiger partial charge in [-0.15, -0.1) is 11.3 Å². The van der Waals surface area contributed by atoms with Gasteiger partial charge in [0, 0.05) is 5.38 Å². The van der Waals surface area contributed by atoms with Gasteiger partial charge in [0.25, 0.3) is 0 Å². The van der Waals surface area contributed by atoms with E-state index in [0.717, 1.165) is 16.3 Å². The predicted molar refractivity (Wildman–Crippen MR) is 96.0 cm³/mol. The molecule has 4 rings (SSSR count). The number of ketones is 1. The van der Waals surface area contributed by atoms with Gasteiger partial charge in [-0.25, -0.2) is 4.98 Å². The summed E-state index contributed by atoms with van der Waals surface area (Å²) in [6.07, 6.45) is -0.706. The van der Waals surface area contributed by atoms with Gasteiger partial charge in [0.2, 0.25) is 0 Å². The molecule has 0 spiro atoms. The number of aromatic nitrogens is 1. The topological polar surface area (TPSA) is 51.7 Å². The Balaban J connectivity index is 1.48. The quantitative estimate of drug-likeness (QED) is 0.489. The Bertz CT molecular complexity index is 891. The summed E-state index contributed by atoms with van der Waals surface area (Å²) in [7, 11) is 0. The van der Waals surface area contributed by atoms with Crippen molar-refractivity contribution in [1.82, 2.24) is 4.98 Å². The van der Waals surface area contributed by atoms with Crippen LogP contribution in [0.25, 0.3) is 0 Å². The zero-order chi connectivity index (χ0) is 17.2. The van der Waals surface area contributed by atoms with Crippen molar-refractivity contribution in [3.05, 3.63) is 81.8 Å². The molecule has 5 heteroatoms. The van der Waals surface area contributed by atoms with Gasteiger partial charge >= 0.3 is 0 Å². The lowest BCUT2D eigenvalue weighted by Gasteiger charge is -2.10. The lowest BCUT2D eigenvalue weighted by atomic mass is 10.0. The minimum atomic E-state index is -0.469. The fraction of sp³-hybridized carbons (Fsp3) is 0.200. The molecule has 0 bridgehead atoms. The molecule has 3 aromatic rings. The number of para-hydroxylation sites is 1. The summed E-state index contributed by atoms with van der Waals surface area (Å²) in [4.78, 5) is 17.2. The molecule has 2 atom stereocenters. The summed E-state index contributed by atoms with van der Waals surface area (Å²) < 4.78 is 11.5. The van der Waals surface area contributed by atoms with Gasteiger partial charge < -0.3 is 9.47 Å². The van der Waals surface area contributed by atoms with Gasteiger partial charge in [-0.3, -0.25) is 4.79 Å². The highest BCUT2D eigenvalue weighted by Gasteiger charge is 2.48. The minimum Gasteiger partial charge on any atom is -0.488 e. The number of benzene rings is 2. The van der Waals surface area contributed by atoms with Crippen LogP contribution in [0, 0.1) is 6.92 Å². The molecule has 1 aliphatic heterocycles. The van der Waals surface area contributed by atoms with Crippen LogP contribution in [0.5, 0.6) is 5.75 Å². The monoisotopic (exact) mass is 351 g/mol. The van der Waals surface area contributed by atoms with Crippen LogP contribution in [0.1, 0.15) is 32.7 Å². The van der Waals surface area contributed by atoms with Crippen LogP contribution in [-0.4, -0.2) is 16.9 Å². The van der Waals surface area contributed by atoms with E-state index in [1.54, 1.807) is 17.4 Å². The Morgan fingerprint density at radius 3 is 2.68 bits per heavy atom. The first-order valence-corrected chi connectivity index (χ1v) is 8.98. The molecular formula is C20H17NO3S. The number of thiazole rings is 1. The summed E-state index contributed by atoms with van der Waals surface area (Å²) in [6, 6.07) is 17.2. The van der Waals surface area contributed by atoms with E-state index in [1.807, 2.05) is 60.8 Å². The van der Waals surface area contributed by atoms with E-state index in [4.69, 9.17) is 9.47 Å². The molecule has 0 radical (unpaired) electrons. The van der Waals surface area contributed by atoms with Crippen molar-refractivity contribution in [3.63, 3.8) is 0 Å². The first-order valence-electron chi connectivity index (χ1n) is 8.10. The summed E-state index contributed by atoms with van der Waals surface area (Å²) in [6.45, 7) is 2.37. The normalized spacial score (nSPS) is 18.8. The fourth-order valence-electron chi connectivity index (χ4n) is 2.73. The SMILES string of the molecule is Cc1nc(C2OC2C(=O)c2ccccc2OCc2ccccc2)cs1. The number of nitrogens with zero attached hydrogens (tertiary/aromatic N) is 1. The number of carbonyl (C=O) groups is 1. The van der Waals surface area contributed by atoms with Crippen molar-refractivity contribution in [2.45, 2.75) is 25.7 Å². The van der Waals surface area contributed by atoms with Crippen LogP contribution in [0.3, 0.4) is 0 Å². The molecule has 2 heterocycles. The highest BCUT2D eigenvalue weighted by atomic mass is 32.1. The van der Waals surface area contributed by atoms with Crippen molar-refractivity contribution in [1.29, 1.82) is 0 Å². The average molecular weight is 351 g/mol. The third-order valence-electron chi connectivity index (χ3n) is 4.07. The second kappa shape index (κ2) is 6.78. The number of hydrogen-bond donors (Lipinski definition) is 0. The lowest BCUT2D eigenvalue weighted by Crippen LogP contribution is -2.11. The molecule has 2 aromatic carbocycles. The number of ether oxygens (including phenoxy) is 2. The van der Waals surface area contributed by atoms with Gasteiger partial charge in [-0.1, -0.05) is 42.5 Å². The van der Waals surface area contributed by atoms with Crippen LogP contribution in [0.4, 0.5) is 0 Å². The molecular weight excluding hydrogens is 334 g/mol. The van der Waals surface area contributed by atoms with E-state index in [9.17, 15) is 4.79 Å². The van der Waals surface area contributed by atoms with E-state index >= 15 is 0 Å². The molecule has 2 unspecified atom stereocenters. The van der Waals surface area contributed by atoms with E-state index in [-0.39, 0.29) is 11.9 Å². The van der Waals surface area contributed by atoms with Crippen molar-refractivity contribution >= 4 is 17.1 Å². The molecule has 25 heavy (non-hydrogen) atoms. The van der Waals surface area contributed by atoms with Crippen molar-refractivity contribution in [3.8, 4) is 5.75 Å². The van der Waals surface area contributed by atoms with Crippen LogP contribution < -0.4 is 4.74 Å². The fourth-order valence-corrected chi connectivity index (χ4v) is 3.37. The maximum Gasteiger partial charge on any atom is 0.198 e. The Kier molecular flexibility index (Phi) is 4.34. The molecule has 0 amide bonds. The van der Waals surface area contributed by atoms with Crippen molar-refractivity contribution in [2.75, 3.05) is 0 Å². The molecule has 0 aliphatic carbocycles. The first kappa shape index (κ1) is 16.0. The van der Waals surface area contributed by atoms with Gasteiger partial charge in [-0.2, -0.15) is 0 Å². The van der Waals surface area contributed by atoms with Crippen LogP contribution >= 0.6 is 11.3 Å². The number of epoxide rings is 1. The second-order valence-corrected chi connectivity index (χ2v) is 6.97. The van der Waals surface area contributed by atoms with Gasteiger partial charge in [0.1, 0.15) is 18.5 Å². The lowest BCUT2D eigenvalue weighted by molar-refractivity contribution is 0.0949. The zero-order valence-electron chi connectivity index (χ0n) is 13.7. The second-order valence-electron chi connectivity index (χ2n) is 5.90. The minimum absolute atomic E-state index is 0.0562. The number of carbonyl (C=O) groups excluding carboxylic acids is 1. The van der Waals surface area contributed by atoms with Crippen molar-refractivity contribution < 1.29 is 14.3 Å². The van der Waals surface area contributed by atoms with Gasteiger partial charge in [0.05, 0.1) is 16.3 Å². The third kappa shape index (κ3) is 3.48. The van der Waals surface area contributed by atoms with E-state index in [0.29, 0.717) is 17.9 Å². The standard InChI is InChI=1S/C20H17NO3S/c1-13-21-16(12-25-13)19-20(24-19)18(22)15-9-5-6-10-17(15)23-11-14-7-3-2-4-8-14/h2-10,12,19-20H,11H2,1H3. The summed E-state index contributed by atoms with van der Waals surface area (Å²) in [5.74, 6) is 0.527. The van der Waals surface area contributed by atoms with E-state index in [1.165, 1.54) is 0 Å². The zero-order valence-corrected chi connectivity index (χ0v) is 14.5. The molecule has 1 aromatic heterocycles. The predicted octanol–water partition coefficient (Wildman–Crippen LogP) is 4.35. The molecule has 1 fully saturated rings. The number of rotatable bonds is 6. The third-order valence-corrected chi connectivity index (χ3v) is 4.86. The number of aryl methyl sites for hydroxylation is 1. The van der Waals surface area contributed by atoms with Crippen LogP contribution in [0.15, 0.2) is 60.0 Å². The number of Topliss-reactive ketones (excluding diaryl/α,β-unsaturated/α-hetero) is 1. The largest absolute Gasteiger partial charge is 0.488 e. The van der Waals surface area contributed by atoms with E-state index in [2.05, 4.69) is 4.98 Å². The number of hydrogen-bond acceptors (Lipinski definition) is 5. The summed E-state index contributed by atoms with van der Waals surface area (Å²) >= 11 is 1.56. The molecule has 0 saturated carbocycles. The average Bonchev–Trinajstić information content (AvgIpc) is 3.34. The maximum atomic E-state index is 12.8. The highest BCUT2D eigenvalue weighted by Crippen LogP contribution is 2.41. The summed E-state index contributed by atoms with van der Waals surface area (Å²) in [5, 5.41) is 2.92. The smallest absolute Gasteiger partial charge is 0.198 e. The Hall–Kier alpha value is -2.50. The highest BCUT2D eigenvalue weighted by molar-refractivity contribution is 7.09. The molecule has 4 nitrogen and oxygen atoms in total. The first-order chi connectivity index (χ1) is 12.2. The molecule has 126 valence electrons. The van der Waals surface area contributed by atoms with Crippen LogP contribution in [-0.2, 0) is 11.3 Å². The van der Waals surface area contributed by atoms with Gasteiger partial charge in [-0.05, 0) is 24.6 Å². The summed E-state index contributed by atoms with van der Waals surface area (Å²) in [5.41, 5.74) is 2.45. The Labute approximate surface area is 150 Å². The van der Waals surface area contributed by atoms with E-state index < -0.39 is 6.10 Å². The molecule has 0 N–H and O–H groups in total. The van der Waals surface area contributed by atoms with Gasteiger partial charge in [0.15, 0.2) is 11.9 Å². The molecule has 1 aliphatic rings. The Morgan fingerprint density at radius 1 is 1.16 bits per heavy atom. The van der Waals surface area contributed by atoms with Crippen LogP contribution in [0.2, 0.25) is 0 Å². The Morgan fingerprint density at radius 2 is 1.92 bits per heavy atom. The van der Waals surface area contributed by atoms with Crippen molar-refractivity contribution in [2.24, 2.45) is 0 Å². The molecule has 1 saturated heterocycles. The maximum absolute atomic E-state index is 12.8.